The van der Waals surface area contributed by atoms with Gasteiger partial charge in [0, 0.05) is 17.6 Å². The quantitative estimate of drug-likeness (QED) is 0.430. The highest BCUT2D eigenvalue weighted by atomic mass is 32.2. The third kappa shape index (κ3) is 4.49. The number of esters is 1. The van der Waals surface area contributed by atoms with Crippen LogP contribution in [-0.4, -0.2) is 34.6 Å². The average Bonchev–Trinajstić information content (AvgIpc) is 3.37. The summed E-state index contributed by atoms with van der Waals surface area (Å²) in [5, 5.41) is 4.70. The Balaban J connectivity index is 1.62. The fourth-order valence-corrected chi connectivity index (χ4v) is 4.55. The van der Waals surface area contributed by atoms with Crippen molar-refractivity contribution in [1.82, 2.24) is 15.2 Å². The lowest BCUT2D eigenvalue weighted by molar-refractivity contribution is -0.140. The predicted molar refractivity (Wildman–Crippen MR) is 118 cm³/mol. The summed E-state index contributed by atoms with van der Waals surface area (Å²) in [6.07, 6.45) is 1.99. The first kappa shape index (κ1) is 20.4. The number of nitrogens with zero attached hydrogens (tertiary/aromatic N) is 2. The number of carbonyl (C=O) groups excluding carboxylic acids is 1. The maximum Gasteiger partial charge on any atom is 0.307 e. The van der Waals surface area contributed by atoms with Crippen LogP contribution in [-0.2, 0) is 9.53 Å². The Bertz CT molecular complexity index is 1010. The highest BCUT2D eigenvalue weighted by molar-refractivity contribution is 7.99. The summed E-state index contributed by atoms with van der Waals surface area (Å²) < 4.78 is 11.0. The van der Waals surface area contributed by atoms with Crippen molar-refractivity contribution in [2.45, 2.75) is 28.5 Å². The van der Waals surface area contributed by atoms with Crippen LogP contribution < -0.4 is 5.32 Å². The van der Waals surface area contributed by atoms with Crippen molar-refractivity contribution in [2.75, 3.05) is 13.7 Å². The van der Waals surface area contributed by atoms with E-state index >= 15 is 0 Å². The van der Waals surface area contributed by atoms with Crippen molar-refractivity contribution in [1.29, 1.82) is 0 Å². The van der Waals surface area contributed by atoms with Gasteiger partial charge in [0.2, 0.25) is 0 Å². The molecule has 1 aromatic carbocycles. The lowest BCUT2D eigenvalue weighted by Crippen LogP contribution is -2.31. The summed E-state index contributed by atoms with van der Waals surface area (Å²) in [6, 6.07) is 19.4. The number of benzene rings is 1. The molecule has 0 amide bonds. The van der Waals surface area contributed by atoms with Gasteiger partial charge in [-0.25, -0.2) is 0 Å². The van der Waals surface area contributed by atoms with Gasteiger partial charge in [-0.1, -0.05) is 36.0 Å². The fraction of sp³-hybridized carbons (Fsp3) is 0.227. The van der Waals surface area contributed by atoms with E-state index in [4.69, 9.17) is 21.4 Å². The highest BCUT2D eigenvalue weighted by Gasteiger charge is 2.41. The molecule has 0 spiro atoms. The molecule has 1 saturated heterocycles. The third-order valence-electron chi connectivity index (χ3n) is 4.84. The van der Waals surface area contributed by atoms with E-state index in [-0.39, 0.29) is 24.5 Å². The molecule has 0 aliphatic carbocycles. The van der Waals surface area contributed by atoms with Crippen LogP contribution in [0.15, 0.2) is 81.3 Å². The third-order valence-corrected chi connectivity index (χ3v) is 6.12. The lowest BCUT2D eigenvalue weighted by atomic mass is 10.0. The van der Waals surface area contributed by atoms with Gasteiger partial charge < -0.3 is 19.4 Å². The highest BCUT2D eigenvalue weighted by Crippen LogP contribution is 2.41. The molecule has 3 aromatic rings. The Kier molecular flexibility index (Phi) is 6.35. The number of thiocarbonyl (C=S) groups is 1. The van der Waals surface area contributed by atoms with E-state index in [1.54, 1.807) is 18.0 Å². The van der Waals surface area contributed by atoms with Gasteiger partial charge in [0.25, 0.3) is 0 Å². The van der Waals surface area contributed by atoms with Crippen LogP contribution in [0.4, 0.5) is 0 Å². The molecule has 3 heterocycles. The van der Waals surface area contributed by atoms with Gasteiger partial charge in [-0.15, -0.1) is 0 Å². The topological polar surface area (TPSA) is 67.6 Å². The van der Waals surface area contributed by atoms with Crippen LogP contribution in [0.3, 0.4) is 0 Å². The van der Waals surface area contributed by atoms with E-state index in [9.17, 15) is 4.79 Å². The summed E-state index contributed by atoms with van der Waals surface area (Å²) in [4.78, 5) is 19.3. The van der Waals surface area contributed by atoms with E-state index in [1.807, 2.05) is 65.6 Å². The molecule has 1 fully saturated rings. The zero-order valence-corrected chi connectivity index (χ0v) is 18.0. The van der Waals surface area contributed by atoms with E-state index < -0.39 is 0 Å². The minimum atomic E-state index is -0.280. The molecule has 0 radical (unpaired) electrons. The molecule has 6 nitrogen and oxygen atoms in total. The van der Waals surface area contributed by atoms with Gasteiger partial charge in [-0.2, -0.15) is 0 Å². The van der Waals surface area contributed by atoms with Crippen molar-refractivity contribution in [3.05, 3.63) is 78.3 Å². The fourth-order valence-electron chi connectivity index (χ4n) is 3.42. The predicted octanol–water partition coefficient (Wildman–Crippen LogP) is 4.36. The lowest BCUT2D eigenvalue weighted by Gasteiger charge is -2.25. The van der Waals surface area contributed by atoms with Crippen LogP contribution >= 0.6 is 24.0 Å². The SMILES string of the molecule is COC(=O)CCN1C(=S)NC(c2ccccn2)C1c1ccc(Sc2ccccc2)o1. The molecular formula is C22H21N3O3S2. The normalized spacial score (nSPS) is 18.3. The van der Waals surface area contributed by atoms with E-state index in [2.05, 4.69) is 10.3 Å². The number of hydrogen-bond acceptors (Lipinski definition) is 6. The number of ether oxygens (including phenoxy) is 1. The Morgan fingerprint density at radius 2 is 2.00 bits per heavy atom. The number of aromatic nitrogens is 1. The Morgan fingerprint density at radius 3 is 2.73 bits per heavy atom. The van der Waals surface area contributed by atoms with Crippen LogP contribution in [0.25, 0.3) is 0 Å². The molecule has 4 rings (SSSR count). The second-order valence-corrected chi connectivity index (χ2v) is 8.18. The molecule has 2 aromatic heterocycles. The first-order valence-corrected chi connectivity index (χ1v) is 10.8. The maximum atomic E-state index is 11.7. The molecule has 8 heteroatoms. The van der Waals surface area contributed by atoms with Gasteiger partial charge in [0.15, 0.2) is 10.2 Å². The Morgan fingerprint density at radius 1 is 1.20 bits per heavy atom. The van der Waals surface area contributed by atoms with Gasteiger partial charge in [-0.05, 0) is 48.6 Å². The molecular weight excluding hydrogens is 418 g/mol. The number of rotatable bonds is 7. The minimum absolute atomic E-state index is 0.183. The second-order valence-electron chi connectivity index (χ2n) is 6.72. The second kappa shape index (κ2) is 9.32. The summed E-state index contributed by atoms with van der Waals surface area (Å²) in [5.74, 6) is 0.485. The Hall–Kier alpha value is -2.84. The summed E-state index contributed by atoms with van der Waals surface area (Å²) in [6.45, 7) is 0.425. The molecule has 0 saturated carbocycles. The van der Waals surface area contributed by atoms with Gasteiger partial charge in [-0.3, -0.25) is 9.78 Å². The van der Waals surface area contributed by atoms with E-state index in [0.717, 1.165) is 21.4 Å². The van der Waals surface area contributed by atoms with Crippen molar-refractivity contribution in [2.24, 2.45) is 0 Å². The van der Waals surface area contributed by atoms with Crippen LogP contribution in [0.2, 0.25) is 0 Å². The molecule has 2 unspecified atom stereocenters. The van der Waals surface area contributed by atoms with Crippen molar-refractivity contribution < 1.29 is 13.9 Å². The monoisotopic (exact) mass is 439 g/mol. The number of hydrogen-bond donors (Lipinski definition) is 1. The van der Waals surface area contributed by atoms with Crippen molar-refractivity contribution in [3.8, 4) is 0 Å². The van der Waals surface area contributed by atoms with Crippen LogP contribution in [0.1, 0.15) is 30.0 Å². The standard InChI is InChI=1S/C22H21N3O3S2/c1-27-18(26)12-14-25-21(20(24-22(25)29)16-9-5-6-13-23-16)17-10-11-19(28-17)30-15-7-3-2-4-8-15/h2-11,13,20-21H,12,14H2,1H3,(H,24,29). The van der Waals surface area contributed by atoms with Gasteiger partial charge >= 0.3 is 5.97 Å². The zero-order valence-electron chi connectivity index (χ0n) is 16.4. The van der Waals surface area contributed by atoms with Crippen LogP contribution in [0, 0.1) is 0 Å². The average molecular weight is 440 g/mol. The molecule has 154 valence electrons. The van der Waals surface area contributed by atoms with E-state index in [1.165, 1.54) is 7.11 Å². The molecule has 30 heavy (non-hydrogen) atoms. The van der Waals surface area contributed by atoms with Crippen LogP contribution in [0.5, 0.6) is 0 Å². The molecule has 2 atom stereocenters. The number of nitrogens with one attached hydrogen (secondary N) is 1. The molecule has 1 N–H and O–H groups in total. The first-order valence-electron chi connectivity index (χ1n) is 9.53. The molecule has 0 bridgehead atoms. The van der Waals surface area contributed by atoms with Gasteiger partial charge in [0.1, 0.15) is 11.8 Å². The summed E-state index contributed by atoms with van der Waals surface area (Å²) in [5.41, 5.74) is 0.860. The smallest absolute Gasteiger partial charge is 0.307 e. The zero-order chi connectivity index (χ0) is 20.9. The number of furan rings is 1. The number of methoxy groups -OCH3 is 1. The maximum absolute atomic E-state index is 11.7. The van der Waals surface area contributed by atoms with Gasteiger partial charge in [0.05, 0.1) is 25.3 Å². The first-order chi connectivity index (χ1) is 14.7. The van der Waals surface area contributed by atoms with Crippen molar-refractivity contribution in [3.63, 3.8) is 0 Å². The summed E-state index contributed by atoms with van der Waals surface area (Å²) >= 11 is 7.14. The number of pyridine rings is 1. The Labute approximate surface area is 184 Å². The molecule has 1 aliphatic heterocycles. The number of carbonyl (C=O) groups is 1. The molecule has 1 aliphatic rings. The largest absolute Gasteiger partial charge is 0.469 e. The summed E-state index contributed by atoms with van der Waals surface area (Å²) in [7, 11) is 1.39. The minimum Gasteiger partial charge on any atom is -0.469 e. The van der Waals surface area contributed by atoms with E-state index in [0.29, 0.717) is 11.7 Å². The van der Waals surface area contributed by atoms with Crippen molar-refractivity contribution >= 4 is 35.1 Å².